The second kappa shape index (κ2) is 9.80. The van der Waals surface area contributed by atoms with Gasteiger partial charge in [-0.3, -0.25) is 9.59 Å². The fourth-order valence-electron chi connectivity index (χ4n) is 2.51. The highest BCUT2D eigenvalue weighted by atomic mass is 32.1. The van der Waals surface area contributed by atoms with Crippen LogP contribution in [0, 0.1) is 0 Å². The molecule has 154 valence electrons. The number of thiazole rings is 1. The highest BCUT2D eigenvalue weighted by molar-refractivity contribution is 7.13. The number of amides is 1. The summed E-state index contributed by atoms with van der Waals surface area (Å²) in [5.41, 5.74) is 1.99. The van der Waals surface area contributed by atoms with Gasteiger partial charge in [-0.15, -0.1) is 11.3 Å². The minimum absolute atomic E-state index is 0.111. The third-order valence-electron chi connectivity index (χ3n) is 4.20. The van der Waals surface area contributed by atoms with Gasteiger partial charge in [-0.1, -0.05) is 6.92 Å². The Labute approximate surface area is 177 Å². The van der Waals surface area contributed by atoms with E-state index in [0.29, 0.717) is 22.7 Å². The van der Waals surface area contributed by atoms with Gasteiger partial charge in [-0.05, 0) is 48.5 Å². The fourth-order valence-corrected chi connectivity index (χ4v) is 3.31. The first-order valence-electron chi connectivity index (χ1n) is 9.20. The van der Waals surface area contributed by atoms with Gasteiger partial charge in [-0.2, -0.15) is 0 Å². The van der Waals surface area contributed by atoms with Crippen molar-refractivity contribution >= 4 is 34.7 Å². The molecular formula is C22H20N2O5S. The van der Waals surface area contributed by atoms with E-state index in [1.54, 1.807) is 43.7 Å². The number of anilines is 1. The highest BCUT2D eigenvalue weighted by Crippen LogP contribution is 2.26. The maximum absolute atomic E-state index is 12.3. The number of methoxy groups -OCH3 is 1. The minimum Gasteiger partial charge on any atom is -0.497 e. The summed E-state index contributed by atoms with van der Waals surface area (Å²) in [6.45, 7) is 1.36. The molecule has 1 amide bonds. The van der Waals surface area contributed by atoms with E-state index in [1.165, 1.54) is 11.3 Å². The lowest BCUT2D eigenvalue weighted by molar-refractivity contribution is -0.115. The quantitative estimate of drug-likeness (QED) is 0.430. The van der Waals surface area contributed by atoms with E-state index in [4.69, 9.17) is 9.47 Å². The Bertz CT molecular complexity index is 1040. The van der Waals surface area contributed by atoms with Crippen LogP contribution in [-0.4, -0.2) is 36.4 Å². The Balaban J connectivity index is 1.56. The van der Waals surface area contributed by atoms with Gasteiger partial charge in [0, 0.05) is 28.6 Å². The number of ether oxygens (including phenoxy) is 2. The van der Waals surface area contributed by atoms with Gasteiger partial charge in [0.05, 0.1) is 7.11 Å². The molecule has 3 aromatic rings. The Morgan fingerprint density at radius 3 is 2.37 bits per heavy atom. The number of hydrogen-bond donors (Lipinski definition) is 1. The Kier molecular flexibility index (Phi) is 6.92. The van der Waals surface area contributed by atoms with E-state index >= 15 is 0 Å². The van der Waals surface area contributed by atoms with Crippen molar-refractivity contribution in [3.8, 4) is 16.3 Å². The molecule has 0 fully saturated rings. The van der Waals surface area contributed by atoms with Crippen LogP contribution in [0.4, 0.5) is 5.69 Å². The lowest BCUT2D eigenvalue weighted by Gasteiger charge is -2.06. The molecular weight excluding hydrogens is 404 g/mol. The molecule has 0 unspecified atom stereocenters. The summed E-state index contributed by atoms with van der Waals surface area (Å²) in [7, 11) is 1.59. The summed E-state index contributed by atoms with van der Waals surface area (Å²) in [4.78, 5) is 40.2. The van der Waals surface area contributed by atoms with E-state index in [9.17, 15) is 14.4 Å². The van der Waals surface area contributed by atoms with Crippen molar-refractivity contribution in [2.45, 2.75) is 13.3 Å². The van der Waals surface area contributed by atoms with Gasteiger partial charge < -0.3 is 14.8 Å². The number of nitrogens with one attached hydrogen (secondary N) is 1. The lowest BCUT2D eigenvalue weighted by atomic mass is 10.1. The van der Waals surface area contributed by atoms with Crippen molar-refractivity contribution in [2.75, 3.05) is 19.0 Å². The van der Waals surface area contributed by atoms with Crippen molar-refractivity contribution in [2.24, 2.45) is 0 Å². The van der Waals surface area contributed by atoms with Gasteiger partial charge in [-0.25, -0.2) is 9.78 Å². The number of rotatable bonds is 8. The summed E-state index contributed by atoms with van der Waals surface area (Å²) in [5, 5.41) is 4.96. The molecule has 0 atom stereocenters. The third-order valence-corrected chi connectivity index (χ3v) is 5.09. The Hall–Kier alpha value is -3.52. The molecule has 0 spiro atoms. The Morgan fingerprint density at radius 2 is 1.73 bits per heavy atom. The fraction of sp³-hybridized carbons (Fsp3) is 0.182. The van der Waals surface area contributed by atoms with Crippen molar-refractivity contribution in [3.63, 3.8) is 0 Å². The number of esters is 1. The number of carbonyl (C=O) groups is 3. The van der Waals surface area contributed by atoms with E-state index in [2.05, 4.69) is 10.3 Å². The van der Waals surface area contributed by atoms with Crippen molar-refractivity contribution in [3.05, 3.63) is 65.2 Å². The van der Waals surface area contributed by atoms with E-state index < -0.39 is 12.6 Å². The number of hydrogen-bond acceptors (Lipinski definition) is 7. The zero-order valence-corrected chi connectivity index (χ0v) is 17.3. The van der Waals surface area contributed by atoms with Crippen molar-refractivity contribution in [1.29, 1.82) is 0 Å². The normalized spacial score (nSPS) is 10.3. The molecule has 0 bridgehead atoms. The summed E-state index contributed by atoms with van der Waals surface area (Å²) in [6.07, 6.45) is 0.368. The van der Waals surface area contributed by atoms with Crippen LogP contribution in [0.5, 0.6) is 5.75 Å². The zero-order chi connectivity index (χ0) is 21.5. The monoisotopic (exact) mass is 424 g/mol. The summed E-state index contributed by atoms with van der Waals surface area (Å²) >= 11 is 1.31. The molecule has 30 heavy (non-hydrogen) atoms. The average Bonchev–Trinajstić information content (AvgIpc) is 3.28. The van der Waals surface area contributed by atoms with Crippen LogP contribution in [0.1, 0.15) is 34.2 Å². The maximum atomic E-state index is 12.3. The SMILES string of the molecule is CCC(=O)Nc1ccc(C(=O)COC(=O)c2csc(-c3ccc(OC)cc3)n2)cc1. The van der Waals surface area contributed by atoms with Crippen molar-refractivity contribution < 1.29 is 23.9 Å². The Morgan fingerprint density at radius 1 is 1.03 bits per heavy atom. The number of nitrogens with zero attached hydrogens (tertiary/aromatic N) is 1. The number of carbonyl (C=O) groups excluding carboxylic acids is 3. The molecule has 2 aromatic carbocycles. The third kappa shape index (κ3) is 5.30. The first-order valence-corrected chi connectivity index (χ1v) is 10.1. The molecule has 8 heteroatoms. The molecule has 0 saturated heterocycles. The molecule has 0 aliphatic carbocycles. The standard InChI is InChI=1S/C22H20N2O5S/c1-3-20(26)23-16-8-4-14(5-9-16)19(25)12-29-22(27)18-13-30-21(24-18)15-6-10-17(28-2)11-7-15/h4-11,13H,3,12H2,1-2H3,(H,23,26). The summed E-state index contributed by atoms with van der Waals surface area (Å²) in [5.74, 6) is -0.386. The number of aromatic nitrogens is 1. The van der Waals surface area contributed by atoms with Crippen LogP contribution < -0.4 is 10.1 Å². The molecule has 1 heterocycles. The molecule has 3 rings (SSSR count). The second-order valence-electron chi connectivity index (χ2n) is 6.24. The van der Waals surface area contributed by atoms with Crippen molar-refractivity contribution in [1.82, 2.24) is 4.98 Å². The number of benzene rings is 2. The van der Waals surface area contributed by atoms with Gasteiger partial charge in [0.1, 0.15) is 10.8 Å². The summed E-state index contributed by atoms with van der Waals surface area (Å²) < 4.78 is 10.2. The van der Waals surface area contributed by atoms with Crippen LogP contribution >= 0.6 is 11.3 Å². The predicted octanol–water partition coefficient (Wildman–Crippen LogP) is 4.21. The zero-order valence-electron chi connectivity index (χ0n) is 16.5. The first kappa shape index (κ1) is 21.2. The molecule has 0 aliphatic heterocycles. The average molecular weight is 424 g/mol. The summed E-state index contributed by atoms with van der Waals surface area (Å²) in [6, 6.07) is 13.7. The van der Waals surface area contributed by atoms with Gasteiger partial charge in [0.25, 0.3) is 0 Å². The highest BCUT2D eigenvalue weighted by Gasteiger charge is 2.16. The minimum atomic E-state index is -0.661. The molecule has 1 aromatic heterocycles. The predicted molar refractivity (Wildman–Crippen MR) is 114 cm³/mol. The van der Waals surface area contributed by atoms with Crippen LogP contribution in [0.25, 0.3) is 10.6 Å². The van der Waals surface area contributed by atoms with Crippen LogP contribution in [0.2, 0.25) is 0 Å². The van der Waals surface area contributed by atoms with Gasteiger partial charge >= 0.3 is 5.97 Å². The number of ketones is 1. The van der Waals surface area contributed by atoms with E-state index in [0.717, 1.165) is 11.3 Å². The molecule has 0 saturated carbocycles. The van der Waals surface area contributed by atoms with Crippen LogP contribution in [-0.2, 0) is 9.53 Å². The largest absolute Gasteiger partial charge is 0.497 e. The van der Waals surface area contributed by atoms with Crippen LogP contribution in [0.3, 0.4) is 0 Å². The smallest absolute Gasteiger partial charge is 0.358 e. The second-order valence-corrected chi connectivity index (χ2v) is 7.10. The van der Waals surface area contributed by atoms with E-state index in [-0.39, 0.29) is 17.4 Å². The first-order chi connectivity index (χ1) is 14.5. The van der Waals surface area contributed by atoms with E-state index in [1.807, 2.05) is 24.3 Å². The molecule has 0 radical (unpaired) electrons. The molecule has 1 N–H and O–H groups in total. The lowest BCUT2D eigenvalue weighted by Crippen LogP contribution is -2.15. The van der Waals surface area contributed by atoms with Gasteiger partial charge in [0.15, 0.2) is 18.1 Å². The molecule has 0 aliphatic rings. The maximum Gasteiger partial charge on any atom is 0.358 e. The molecule has 7 nitrogen and oxygen atoms in total. The van der Waals surface area contributed by atoms with Gasteiger partial charge in [0.2, 0.25) is 5.91 Å². The topological polar surface area (TPSA) is 94.6 Å². The number of Topliss-reactive ketones (excluding diaryl/α,β-unsaturated/α-hetero) is 1. The van der Waals surface area contributed by atoms with Crippen LogP contribution in [0.15, 0.2) is 53.9 Å².